The molecule has 0 atom stereocenters. The molecule has 0 unspecified atom stereocenters. The Labute approximate surface area is 118 Å². The van der Waals surface area contributed by atoms with E-state index >= 15 is 0 Å². The third kappa shape index (κ3) is 1.93. The van der Waals surface area contributed by atoms with Crippen molar-refractivity contribution in [2.24, 2.45) is 5.92 Å². The molecule has 2 aliphatic rings. The number of aliphatic hydroxyl groups is 1. The van der Waals surface area contributed by atoms with E-state index in [1.165, 1.54) is 12.8 Å². The maximum atomic E-state index is 10.3. The van der Waals surface area contributed by atoms with Crippen molar-refractivity contribution < 1.29 is 5.11 Å². The van der Waals surface area contributed by atoms with Crippen LogP contribution in [0, 0.1) is 19.8 Å². The molecule has 0 amide bonds. The molecule has 3 heterocycles. The number of fused-ring (bicyclic) bond motifs is 1. The van der Waals surface area contributed by atoms with Gasteiger partial charge in [0.05, 0.1) is 11.3 Å². The molecule has 1 saturated heterocycles. The molecule has 106 valence electrons. The summed E-state index contributed by atoms with van der Waals surface area (Å²) >= 11 is 0. The smallest absolute Gasteiger partial charge is 0.234 e. The predicted molar refractivity (Wildman–Crippen MR) is 75.4 cm³/mol. The van der Waals surface area contributed by atoms with Crippen LogP contribution in [-0.2, 0) is 6.54 Å². The Morgan fingerprint density at radius 3 is 2.75 bits per heavy atom. The standard InChI is InChI=1S/C15H20N4O/c1-10-5-11(2)19-7-13(17-14(19)16-10)6-18-8-15(20,9-18)12-3-4-12/h5,7,12,20H,3-4,6,8-9H2,1-2H3. The first-order valence-corrected chi connectivity index (χ1v) is 7.30. The van der Waals surface area contributed by atoms with Crippen LogP contribution in [0.1, 0.15) is 29.9 Å². The van der Waals surface area contributed by atoms with E-state index in [1.54, 1.807) is 0 Å². The van der Waals surface area contributed by atoms with E-state index in [2.05, 4.69) is 34.1 Å². The summed E-state index contributed by atoms with van der Waals surface area (Å²) in [6, 6.07) is 2.06. The highest BCUT2D eigenvalue weighted by atomic mass is 16.3. The quantitative estimate of drug-likeness (QED) is 0.915. The first kappa shape index (κ1) is 12.3. The third-order valence-corrected chi connectivity index (χ3v) is 4.53. The molecular formula is C15H20N4O. The molecule has 20 heavy (non-hydrogen) atoms. The van der Waals surface area contributed by atoms with Gasteiger partial charge in [0, 0.05) is 37.2 Å². The van der Waals surface area contributed by atoms with Crippen LogP contribution >= 0.6 is 0 Å². The van der Waals surface area contributed by atoms with Crippen molar-refractivity contribution in [3.8, 4) is 0 Å². The van der Waals surface area contributed by atoms with E-state index in [0.717, 1.165) is 42.5 Å². The fraction of sp³-hybridized carbons (Fsp3) is 0.600. The minimum absolute atomic E-state index is 0.413. The van der Waals surface area contributed by atoms with Gasteiger partial charge in [0.1, 0.15) is 0 Å². The molecule has 1 N–H and O–H groups in total. The molecule has 1 aliphatic heterocycles. The zero-order chi connectivity index (χ0) is 13.9. The van der Waals surface area contributed by atoms with Crippen molar-refractivity contribution in [1.29, 1.82) is 0 Å². The van der Waals surface area contributed by atoms with Gasteiger partial charge in [-0.1, -0.05) is 0 Å². The average molecular weight is 272 g/mol. The summed E-state index contributed by atoms with van der Waals surface area (Å²) in [5, 5.41) is 10.3. The van der Waals surface area contributed by atoms with Crippen molar-refractivity contribution in [2.75, 3.05) is 13.1 Å². The lowest BCUT2D eigenvalue weighted by Gasteiger charge is -2.46. The second-order valence-electron chi connectivity index (χ2n) is 6.46. The number of imidazole rings is 1. The van der Waals surface area contributed by atoms with Crippen LogP contribution in [-0.4, -0.2) is 43.1 Å². The van der Waals surface area contributed by atoms with Gasteiger partial charge in [-0.2, -0.15) is 0 Å². The van der Waals surface area contributed by atoms with E-state index in [0.29, 0.717) is 5.92 Å². The van der Waals surface area contributed by atoms with Crippen molar-refractivity contribution in [3.63, 3.8) is 0 Å². The third-order valence-electron chi connectivity index (χ3n) is 4.53. The van der Waals surface area contributed by atoms with Gasteiger partial charge in [-0.15, -0.1) is 0 Å². The number of β-amino-alcohol motifs (C(OH)–C–C–N with tert-alkyl or cyclic N) is 1. The minimum atomic E-state index is -0.413. The van der Waals surface area contributed by atoms with Crippen LogP contribution in [0.5, 0.6) is 0 Å². The highest BCUT2D eigenvalue weighted by molar-refractivity contribution is 5.34. The van der Waals surface area contributed by atoms with E-state index in [4.69, 9.17) is 0 Å². The van der Waals surface area contributed by atoms with Crippen LogP contribution in [0.15, 0.2) is 12.3 Å². The van der Waals surface area contributed by atoms with E-state index in [-0.39, 0.29) is 0 Å². The number of hydrogen-bond acceptors (Lipinski definition) is 4. The number of nitrogens with zero attached hydrogens (tertiary/aromatic N) is 4. The highest BCUT2D eigenvalue weighted by Crippen LogP contribution is 2.44. The lowest BCUT2D eigenvalue weighted by molar-refractivity contribution is -0.116. The lowest BCUT2D eigenvalue weighted by Crippen LogP contribution is -2.62. The maximum Gasteiger partial charge on any atom is 0.234 e. The normalized spacial score (nSPS) is 22.1. The predicted octanol–water partition coefficient (Wildman–Crippen LogP) is 1.30. The van der Waals surface area contributed by atoms with Crippen LogP contribution in [0.4, 0.5) is 0 Å². The molecule has 1 aliphatic carbocycles. The van der Waals surface area contributed by atoms with E-state index in [9.17, 15) is 5.11 Å². The molecule has 4 rings (SSSR count). The Morgan fingerprint density at radius 2 is 2.05 bits per heavy atom. The molecule has 0 spiro atoms. The molecule has 1 saturated carbocycles. The largest absolute Gasteiger partial charge is 0.387 e. The molecule has 0 aromatic carbocycles. The summed E-state index contributed by atoms with van der Waals surface area (Å²) in [7, 11) is 0. The van der Waals surface area contributed by atoms with Gasteiger partial charge in [-0.25, -0.2) is 9.97 Å². The van der Waals surface area contributed by atoms with E-state index in [1.807, 2.05) is 11.3 Å². The molecular weight excluding hydrogens is 252 g/mol. The fourth-order valence-electron chi connectivity index (χ4n) is 3.34. The first-order chi connectivity index (χ1) is 9.53. The van der Waals surface area contributed by atoms with Crippen LogP contribution in [0.25, 0.3) is 5.78 Å². The SMILES string of the molecule is Cc1cc(C)n2cc(CN3CC(O)(C4CC4)C3)nc2n1. The highest BCUT2D eigenvalue weighted by Gasteiger charge is 2.51. The second kappa shape index (κ2) is 4.02. The number of hydrogen-bond donors (Lipinski definition) is 1. The Morgan fingerprint density at radius 1 is 1.30 bits per heavy atom. The van der Waals surface area contributed by atoms with Crippen LogP contribution in [0.2, 0.25) is 0 Å². The van der Waals surface area contributed by atoms with Gasteiger partial charge in [-0.3, -0.25) is 9.30 Å². The Balaban J connectivity index is 1.51. The van der Waals surface area contributed by atoms with Crippen molar-refractivity contribution in [3.05, 3.63) is 29.3 Å². The maximum absolute atomic E-state index is 10.3. The summed E-state index contributed by atoms with van der Waals surface area (Å²) in [6.45, 7) is 6.44. The van der Waals surface area contributed by atoms with Gasteiger partial charge >= 0.3 is 0 Å². The summed E-state index contributed by atoms with van der Waals surface area (Å²) in [5.41, 5.74) is 2.77. The number of aryl methyl sites for hydroxylation is 2. The van der Waals surface area contributed by atoms with Crippen molar-refractivity contribution in [1.82, 2.24) is 19.3 Å². The summed E-state index contributed by atoms with van der Waals surface area (Å²) in [4.78, 5) is 11.3. The molecule has 2 aromatic heterocycles. The number of likely N-dealkylation sites (tertiary alicyclic amines) is 1. The monoisotopic (exact) mass is 272 g/mol. The lowest BCUT2D eigenvalue weighted by atomic mass is 9.89. The van der Waals surface area contributed by atoms with Gasteiger partial charge in [0.25, 0.3) is 0 Å². The van der Waals surface area contributed by atoms with Crippen LogP contribution in [0.3, 0.4) is 0 Å². The van der Waals surface area contributed by atoms with Crippen molar-refractivity contribution in [2.45, 2.75) is 38.8 Å². The van der Waals surface area contributed by atoms with Gasteiger partial charge < -0.3 is 5.11 Å². The average Bonchev–Trinajstić information content (AvgIpc) is 3.10. The number of aromatic nitrogens is 3. The Kier molecular flexibility index (Phi) is 2.47. The van der Waals surface area contributed by atoms with Gasteiger partial charge in [0.2, 0.25) is 5.78 Å². The summed E-state index contributed by atoms with van der Waals surface area (Å²) in [6.07, 6.45) is 4.45. The molecule has 0 radical (unpaired) electrons. The molecule has 5 heteroatoms. The van der Waals surface area contributed by atoms with Gasteiger partial charge in [0.15, 0.2) is 0 Å². The molecule has 2 fully saturated rings. The molecule has 5 nitrogen and oxygen atoms in total. The minimum Gasteiger partial charge on any atom is -0.387 e. The van der Waals surface area contributed by atoms with E-state index < -0.39 is 5.60 Å². The summed E-state index contributed by atoms with van der Waals surface area (Å²) < 4.78 is 2.04. The molecule has 2 aromatic rings. The Bertz CT molecular complexity index is 668. The first-order valence-electron chi connectivity index (χ1n) is 7.30. The summed E-state index contributed by atoms with van der Waals surface area (Å²) in [5.74, 6) is 1.32. The zero-order valence-corrected chi connectivity index (χ0v) is 12.0. The number of rotatable bonds is 3. The fourth-order valence-corrected chi connectivity index (χ4v) is 3.34. The van der Waals surface area contributed by atoms with Crippen molar-refractivity contribution >= 4 is 5.78 Å². The van der Waals surface area contributed by atoms with Gasteiger partial charge in [-0.05, 0) is 38.7 Å². The topological polar surface area (TPSA) is 53.7 Å². The molecule has 0 bridgehead atoms. The Hall–Kier alpha value is -1.46. The zero-order valence-electron chi connectivity index (χ0n) is 12.0. The second-order valence-corrected chi connectivity index (χ2v) is 6.46. The van der Waals surface area contributed by atoms with Crippen LogP contribution < -0.4 is 0 Å².